The van der Waals surface area contributed by atoms with E-state index in [-0.39, 0.29) is 41.3 Å². The van der Waals surface area contributed by atoms with Crippen LogP contribution in [-0.4, -0.2) is 81.0 Å². The van der Waals surface area contributed by atoms with Crippen molar-refractivity contribution in [3.8, 4) is 0 Å². The number of hydrogen-bond acceptors (Lipinski definition) is 9. The third-order valence-corrected chi connectivity index (χ3v) is 9.65. The number of nitrogens with one attached hydrogen (secondary N) is 2. The van der Waals surface area contributed by atoms with E-state index in [1.54, 1.807) is 0 Å². The van der Waals surface area contributed by atoms with Crippen LogP contribution in [0.2, 0.25) is 0 Å². The molecule has 3 amide bonds. The van der Waals surface area contributed by atoms with Crippen LogP contribution in [0.5, 0.6) is 0 Å². The molecule has 4 rings (SSSR count). The Kier molecular flexibility index (Phi) is 9.07. The summed E-state index contributed by atoms with van der Waals surface area (Å²) in [5.74, 6) is -1.14. The number of imide groups is 1. The third kappa shape index (κ3) is 6.49. The SMILES string of the molecule is CCCN1CCc2c(sc(NC(=O)c3ccc(S(=O)(=O)N4CC(C)OC(C)C4)cc3)c2C(=O)NC(=O)OC)C1. The summed E-state index contributed by atoms with van der Waals surface area (Å²) in [5.41, 5.74) is 1.29. The first-order chi connectivity index (χ1) is 18.5. The first-order valence-corrected chi connectivity index (χ1v) is 15.1. The fourth-order valence-corrected chi connectivity index (χ4v) is 7.80. The van der Waals surface area contributed by atoms with Crippen molar-refractivity contribution in [1.29, 1.82) is 0 Å². The fourth-order valence-electron chi connectivity index (χ4n) is 4.93. The highest BCUT2D eigenvalue weighted by Gasteiger charge is 2.33. The number of thiophene rings is 1. The van der Waals surface area contributed by atoms with Gasteiger partial charge in [0.15, 0.2) is 0 Å². The molecule has 2 atom stereocenters. The van der Waals surface area contributed by atoms with E-state index in [1.165, 1.54) is 47.0 Å². The highest BCUT2D eigenvalue weighted by molar-refractivity contribution is 7.89. The minimum Gasteiger partial charge on any atom is -0.453 e. The van der Waals surface area contributed by atoms with E-state index >= 15 is 0 Å². The van der Waals surface area contributed by atoms with Crippen LogP contribution >= 0.6 is 11.3 Å². The molecule has 2 N–H and O–H groups in total. The Hall–Kier alpha value is -2.84. The molecule has 2 aliphatic heterocycles. The van der Waals surface area contributed by atoms with Crippen LogP contribution < -0.4 is 10.6 Å². The number of fused-ring (bicyclic) bond motifs is 1. The van der Waals surface area contributed by atoms with Crippen LogP contribution in [0.1, 0.15) is 58.3 Å². The summed E-state index contributed by atoms with van der Waals surface area (Å²) in [6.07, 6.45) is 0.280. The van der Waals surface area contributed by atoms with E-state index in [9.17, 15) is 22.8 Å². The maximum atomic E-state index is 13.2. The molecule has 3 heterocycles. The Bertz CT molecular complexity index is 1330. The summed E-state index contributed by atoms with van der Waals surface area (Å²) < 4.78 is 37.9. The van der Waals surface area contributed by atoms with Crippen molar-refractivity contribution in [3.63, 3.8) is 0 Å². The molecule has 1 saturated heterocycles. The molecule has 1 fully saturated rings. The molecule has 212 valence electrons. The molecule has 0 bridgehead atoms. The van der Waals surface area contributed by atoms with Gasteiger partial charge in [-0.3, -0.25) is 19.8 Å². The van der Waals surface area contributed by atoms with Crippen LogP contribution in [-0.2, 0) is 32.5 Å². The number of amides is 3. The number of alkyl carbamates (subject to hydrolysis) is 1. The lowest BCUT2D eigenvalue weighted by Gasteiger charge is -2.34. The standard InChI is InChI=1S/C26H34N4O7S2/c1-5-11-29-12-10-20-21(15-29)38-25(22(20)24(32)28-26(33)36-4)27-23(31)18-6-8-19(9-7-18)39(34,35)30-13-16(2)37-17(3)14-30/h6-9,16-17H,5,10-15H2,1-4H3,(H,27,31)(H,28,32,33). The summed E-state index contributed by atoms with van der Waals surface area (Å²) in [6, 6.07) is 5.70. The lowest BCUT2D eigenvalue weighted by Crippen LogP contribution is -2.48. The first kappa shape index (κ1) is 29.2. The maximum absolute atomic E-state index is 13.2. The zero-order valence-electron chi connectivity index (χ0n) is 22.5. The van der Waals surface area contributed by atoms with Gasteiger partial charge in [-0.25, -0.2) is 13.2 Å². The number of methoxy groups -OCH3 is 1. The van der Waals surface area contributed by atoms with E-state index < -0.39 is 27.9 Å². The molecule has 11 nitrogen and oxygen atoms in total. The first-order valence-electron chi connectivity index (χ1n) is 12.9. The molecular weight excluding hydrogens is 544 g/mol. The molecule has 2 unspecified atom stereocenters. The fraction of sp³-hybridized carbons (Fsp3) is 0.500. The zero-order chi connectivity index (χ0) is 28.3. The molecule has 2 aliphatic rings. The predicted octanol–water partition coefficient (Wildman–Crippen LogP) is 3.06. The average molecular weight is 579 g/mol. The second kappa shape index (κ2) is 12.1. The lowest BCUT2D eigenvalue weighted by atomic mass is 10.0. The van der Waals surface area contributed by atoms with E-state index in [2.05, 4.69) is 27.2 Å². The third-order valence-electron chi connectivity index (χ3n) is 6.67. The van der Waals surface area contributed by atoms with Crippen molar-refractivity contribution >= 4 is 44.3 Å². The van der Waals surface area contributed by atoms with Crippen LogP contribution in [0.25, 0.3) is 0 Å². The Morgan fingerprint density at radius 2 is 1.77 bits per heavy atom. The minimum absolute atomic E-state index is 0.0844. The number of ether oxygens (including phenoxy) is 2. The molecule has 0 spiro atoms. The molecule has 39 heavy (non-hydrogen) atoms. The van der Waals surface area contributed by atoms with Gasteiger partial charge < -0.3 is 14.8 Å². The number of nitrogens with zero attached hydrogens (tertiary/aromatic N) is 2. The number of anilines is 1. The predicted molar refractivity (Wildman–Crippen MR) is 147 cm³/mol. The van der Waals surface area contributed by atoms with Crippen LogP contribution in [0.4, 0.5) is 9.80 Å². The molecule has 0 aliphatic carbocycles. The van der Waals surface area contributed by atoms with Gasteiger partial charge in [0.05, 0.1) is 29.8 Å². The molecular formula is C26H34N4O7S2. The molecule has 13 heteroatoms. The number of hydrogen-bond donors (Lipinski definition) is 2. The smallest absolute Gasteiger partial charge is 0.413 e. The average Bonchev–Trinajstić information content (AvgIpc) is 3.25. The van der Waals surface area contributed by atoms with Gasteiger partial charge in [0.2, 0.25) is 10.0 Å². The van der Waals surface area contributed by atoms with Crippen LogP contribution in [0, 0.1) is 0 Å². The summed E-state index contributed by atoms with van der Waals surface area (Å²) in [7, 11) is -2.58. The Labute approximate surface area is 232 Å². The Morgan fingerprint density at radius 3 is 2.38 bits per heavy atom. The summed E-state index contributed by atoms with van der Waals surface area (Å²) in [4.78, 5) is 41.2. The van der Waals surface area contributed by atoms with Crippen molar-refractivity contribution < 1.29 is 32.3 Å². The number of sulfonamides is 1. The normalized spacial score (nSPS) is 20.2. The second-order valence-electron chi connectivity index (χ2n) is 9.74. The van der Waals surface area contributed by atoms with E-state index in [1.807, 2.05) is 13.8 Å². The molecule has 2 aromatic rings. The Morgan fingerprint density at radius 1 is 1.10 bits per heavy atom. The van der Waals surface area contributed by atoms with Crippen LogP contribution in [0.15, 0.2) is 29.2 Å². The maximum Gasteiger partial charge on any atom is 0.413 e. The van der Waals surface area contributed by atoms with Crippen molar-refractivity contribution in [2.24, 2.45) is 0 Å². The Balaban J connectivity index is 1.56. The van der Waals surface area contributed by atoms with E-state index in [0.717, 1.165) is 30.0 Å². The van der Waals surface area contributed by atoms with Gasteiger partial charge >= 0.3 is 6.09 Å². The lowest BCUT2D eigenvalue weighted by molar-refractivity contribution is -0.0440. The van der Waals surface area contributed by atoms with Gasteiger partial charge in [-0.05, 0) is 63.1 Å². The zero-order valence-corrected chi connectivity index (χ0v) is 24.1. The van der Waals surface area contributed by atoms with E-state index in [0.29, 0.717) is 18.0 Å². The highest BCUT2D eigenvalue weighted by atomic mass is 32.2. The quantitative estimate of drug-likeness (QED) is 0.512. The number of carbonyl (C=O) groups is 3. The van der Waals surface area contributed by atoms with Crippen molar-refractivity contribution in [2.75, 3.05) is 38.6 Å². The summed E-state index contributed by atoms with van der Waals surface area (Å²) >= 11 is 1.30. The number of morpholine rings is 1. The van der Waals surface area contributed by atoms with Crippen molar-refractivity contribution in [2.45, 2.75) is 57.3 Å². The van der Waals surface area contributed by atoms with Gasteiger partial charge in [-0.1, -0.05) is 6.92 Å². The number of carbonyl (C=O) groups excluding carboxylic acids is 3. The van der Waals surface area contributed by atoms with Gasteiger partial charge in [-0.2, -0.15) is 4.31 Å². The monoisotopic (exact) mass is 578 g/mol. The molecule has 0 saturated carbocycles. The molecule has 1 aromatic carbocycles. The second-order valence-corrected chi connectivity index (χ2v) is 12.8. The largest absolute Gasteiger partial charge is 0.453 e. The topological polar surface area (TPSA) is 134 Å². The van der Waals surface area contributed by atoms with E-state index in [4.69, 9.17) is 4.74 Å². The molecule has 1 aromatic heterocycles. The van der Waals surface area contributed by atoms with Gasteiger partial charge in [-0.15, -0.1) is 11.3 Å². The van der Waals surface area contributed by atoms with Crippen LogP contribution in [0.3, 0.4) is 0 Å². The molecule has 0 radical (unpaired) electrons. The number of benzene rings is 1. The summed E-state index contributed by atoms with van der Waals surface area (Å²) in [5, 5.41) is 5.33. The number of rotatable bonds is 7. The summed E-state index contributed by atoms with van der Waals surface area (Å²) in [6.45, 7) is 8.59. The minimum atomic E-state index is -3.75. The van der Waals surface area contributed by atoms with Crippen molar-refractivity contribution in [1.82, 2.24) is 14.5 Å². The van der Waals surface area contributed by atoms with Gasteiger partial charge in [0.25, 0.3) is 11.8 Å². The van der Waals surface area contributed by atoms with Gasteiger partial charge in [0, 0.05) is 36.6 Å². The van der Waals surface area contributed by atoms with Crippen molar-refractivity contribution in [3.05, 3.63) is 45.8 Å². The van der Waals surface area contributed by atoms with Gasteiger partial charge in [0.1, 0.15) is 5.00 Å². The highest BCUT2D eigenvalue weighted by Crippen LogP contribution is 2.37.